The molecule has 3 aromatic heterocycles. The number of nitrogens with zero attached hydrogens (tertiary/aromatic N) is 4. The summed E-state index contributed by atoms with van der Waals surface area (Å²) < 4.78 is 19.9. The maximum Gasteiger partial charge on any atom is 0.433 e. The van der Waals surface area contributed by atoms with Crippen LogP contribution in [0.15, 0.2) is 46.2 Å². The number of fused-ring (bicyclic) bond motifs is 1. The topological polar surface area (TPSA) is 116 Å². The van der Waals surface area contributed by atoms with Gasteiger partial charge in [0.05, 0.1) is 11.8 Å². The summed E-state index contributed by atoms with van der Waals surface area (Å²) in [6.07, 6.45) is 0.459. The fourth-order valence-electron chi connectivity index (χ4n) is 2.59. The van der Waals surface area contributed by atoms with Gasteiger partial charge in [0.2, 0.25) is 4.96 Å². The molecule has 0 fully saturated rings. The standard InChI is InChI=1S/C17H12FN5O4S/c18-11-3-1-2-10(8-11)15-20-17-22(21-15)12(9-28-17)6-7-19-16(24)13-4-5-14(27-13)23(25)26/h1-5,8-9H,6-7H2,(H,19,24). The molecule has 0 saturated carbocycles. The minimum atomic E-state index is -0.709. The molecule has 0 atom stereocenters. The van der Waals surface area contributed by atoms with Crippen molar-refractivity contribution in [1.29, 1.82) is 0 Å². The van der Waals surface area contributed by atoms with Gasteiger partial charge in [-0.05, 0) is 18.2 Å². The number of hydrogen-bond donors (Lipinski definition) is 1. The van der Waals surface area contributed by atoms with Crippen LogP contribution in [0.25, 0.3) is 16.3 Å². The van der Waals surface area contributed by atoms with Crippen LogP contribution in [-0.2, 0) is 6.42 Å². The molecular weight excluding hydrogens is 389 g/mol. The maximum atomic E-state index is 13.4. The molecule has 1 N–H and O–H groups in total. The Labute approximate surface area is 160 Å². The molecule has 1 aromatic carbocycles. The van der Waals surface area contributed by atoms with Crippen LogP contribution in [0.1, 0.15) is 16.2 Å². The second kappa shape index (κ2) is 7.19. The highest BCUT2D eigenvalue weighted by molar-refractivity contribution is 7.15. The normalized spacial score (nSPS) is 11.0. The molecule has 0 bridgehead atoms. The van der Waals surface area contributed by atoms with E-state index in [2.05, 4.69) is 15.4 Å². The molecule has 142 valence electrons. The Balaban J connectivity index is 1.43. The number of nitro groups is 1. The van der Waals surface area contributed by atoms with Crippen LogP contribution in [0.3, 0.4) is 0 Å². The number of amides is 1. The molecule has 0 unspecified atom stereocenters. The molecular formula is C17H12FN5O4S. The van der Waals surface area contributed by atoms with Gasteiger partial charge in [-0.25, -0.2) is 8.91 Å². The summed E-state index contributed by atoms with van der Waals surface area (Å²) in [6, 6.07) is 8.41. The van der Waals surface area contributed by atoms with Crippen molar-refractivity contribution in [3.05, 3.63) is 69.2 Å². The first-order valence-electron chi connectivity index (χ1n) is 8.13. The van der Waals surface area contributed by atoms with E-state index in [-0.39, 0.29) is 18.1 Å². The highest BCUT2D eigenvalue weighted by Gasteiger charge is 2.17. The van der Waals surface area contributed by atoms with Crippen LogP contribution < -0.4 is 5.32 Å². The first-order valence-corrected chi connectivity index (χ1v) is 9.01. The molecule has 0 saturated heterocycles. The van der Waals surface area contributed by atoms with Gasteiger partial charge in [-0.3, -0.25) is 14.9 Å². The van der Waals surface area contributed by atoms with Crippen molar-refractivity contribution in [2.45, 2.75) is 6.42 Å². The second-order valence-electron chi connectivity index (χ2n) is 5.77. The third kappa shape index (κ3) is 3.47. The minimum Gasteiger partial charge on any atom is -0.395 e. The smallest absolute Gasteiger partial charge is 0.395 e. The van der Waals surface area contributed by atoms with Crippen LogP contribution in [0.5, 0.6) is 0 Å². The summed E-state index contributed by atoms with van der Waals surface area (Å²) in [5, 5.41) is 19.5. The average molecular weight is 401 g/mol. The van der Waals surface area contributed by atoms with Crippen LogP contribution in [-0.4, -0.2) is 32.0 Å². The van der Waals surface area contributed by atoms with Gasteiger partial charge < -0.3 is 9.73 Å². The van der Waals surface area contributed by atoms with Crippen LogP contribution in [0.4, 0.5) is 10.3 Å². The van der Waals surface area contributed by atoms with Crippen molar-refractivity contribution in [3.8, 4) is 11.4 Å². The summed E-state index contributed by atoms with van der Waals surface area (Å²) in [5.41, 5.74) is 1.40. The molecule has 11 heteroatoms. The molecule has 0 aliphatic carbocycles. The minimum absolute atomic E-state index is 0.128. The van der Waals surface area contributed by atoms with Crippen LogP contribution in [0, 0.1) is 15.9 Å². The van der Waals surface area contributed by atoms with E-state index in [0.29, 0.717) is 22.8 Å². The average Bonchev–Trinajstić information content (AvgIpc) is 3.38. The lowest BCUT2D eigenvalue weighted by atomic mass is 10.2. The summed E-state index contributed by atoms with van der Waals surface area (Å²) >= 11 is 1.38. The lowest BCUT2D eigenvalue weighted by Gasteiger charge is -2.02. The fraction of sp³-hybridized carbons (Fsp3) is 0.118. The number of carbonyl (C=O) groups is 1. The molecule has 4 rings (SSSR count). The van der Waals surface area contributed by atoms with Gasteiger partial charge >= 0.3 is 5.88 Å². The monoisotopic (exact) mass is 401 g/mol. The zero-order valence-corrected chi connectivity index (χ0v) is 15.0. The SMILES string of the molecule is O=C(NCCc1csc2nc(-c3cccc(F)c3)nn12)c1ccc([N+](=O)[O-])o1. The number of benzene rings is 1. The van der Waals surface area contributed by atoms with Gasteiger partial charge in [0, 0.05) is 23.9 Å². The first kappa shape index (κ1) is 17.8. The molecule has 28 heavy (non-hydrogen) atoms. The quantitative estimate of drug-likeness (QED) is 0.392. The van der Waals surface area contributed by atoms with Gasteiger partial charge in [-0.2, -0.15) is 4.98 Å². The highest BCUT2D eigenvalue weighted by atomic mass is 32.1. The summed E-state index contributed by atoms with van der Waals surface area (Å²) in [4.78, 5) is 26.9. The number of nitrogens with one attached hydrogen (secondary N) is 1. The van der Waals surface area contributed by atoms with E-state index >= 15 is 0 Å². The summed E-state index contributed by atoms with van der Waals surface area (Å²) in [5.74, 6) is -1.11. The zero-order chi connectivity index (χ0) is 19.7. The van der Waals surface area contributed by atoms with Gasteiger partial charge in [0.15, 0.2) is 11.6 Å². The maximum absolute atomic E-state index is 13.4. The molecule has 0 spiro atoms. The lowest BCUT2D eigenvalue weighted by Crippen LogP contribution is -2.25. The number of thiazole rings is 1. The highest BCUT2D eigenvalue weighted by Crippen LogP contribution is 2.21. The van der Waals surface area contributed by atoms with Crippen molar-refractivity contribution in [2.24, 2.45) is 0 Å². The Kier molecular flexibility index (Phi) is 4.57. The van der Waals surface area contributed by atoms with Crippen LogP contribution in [0.2, 0.25) is 0 Å². The predicted molar refractivity (Wildman–Crippen MR) is 97.7 cm³/mol. The van der Waals surface area contributed by atoms with Crippen molar-refractivity contribution >= 4 is 28.1 Å². The van der Waals surface area contributed by atoms with E-state index in [1.54, 1.807) is 16.6 Å². The van der Waals surface area contributed by atoms with E-state index in [0.717, 1.165) is 11.8 Å². The molecule has 0 aliphatic rings. The molecule has 0 radical (unpaired) electrons. The third-order valence-corrected chi connectivity index (χ3v) is 4.76. The van der Waals surface area contributed by atoms with Crippen molar-refractivity contribution in [1.82, 2.24) is 19.9 Å². The van der Waals surface area contributed by atoms with Gasteiger partial charge in [0.1, 0.15) is 10.7 Å². The Hall–Kier alpha value is -3.60. The zero-order valence-electron chi connectivity index (χ0n) is 14.2. The van der Waals surface area contributed by atoms with E-state index < -0.39 is 16.7 Å². The lowest BCUT2D eigenvalue weighted by molar-refractivity contribution is -0.402. The Morgan fingerprint density at radius 3 is 2.96 bits per heavy atom. The number of hydrogen-bond acceptors (Lipinski definition) is 7. The number of aromatic nitrogens is 3. The third-order valence-electron chi connectivity index (χ3n) is 3.89. The molecule has 4 aromatic rings. The van der Waals surface area contributed by atoms with Crippen molar-refractivity contribution in [3.63, 3.8) is 0 Å². The van der Waals surface area contributed by atoms with E-state index in [1.807, 2.05) is 5.38 Å². The second-order valence-corrected chi connectivity index (χ2v) is 6.60. The first-order chi connectivity index (χ1) is 13.5. The Bertz CT molecular complexity index is 1180. The predicted octanol–water partition coefficient (Wildman–Crippen LogP) is 3.07. The van der Waals surface area contributed by atoms with Crippen molar-refractivity contribution in [2.75, 3.05) is 6.54 Å². The molecule has 1 amide bonds. The number of furan rings is 1. The van der Waals surface area contributed by atoms with E-state index in [4.69, 9.17) is 4.42 Å². The van der Waals surface area contributed by atoms with Gasteiger partial charge in [-0.1, -0.05) is 12.1 Å². The van der Waals surface area contributed by atoms with Crippen LogP contribution >= 0.6 is 11.3 Å². The summed E-state index contributed by atoms with van der Waals surface area (Å²) in [6.45, 7) is 0.272. The van der Waals surface area contributed by atoms with E-state index in [9.17, 15) is 19.3 Å². The van der Waals surface area contributed by atoms with Crippen molar-refractivity contribution < 1.29 is 18.5 Å². The van der Waals surface area contributed by atoms with E-state index in [1.165, 1.54) is 29.5 Å². The van der Waals surface area contributed by atoms with Gasteiger partial charge in [0.25, 0.3) is 5.91 Å². The number of carbonyl (C=O) groups excluding carboxylic acids is 1. The Morgan fingerprint density at radius 1 is 1.36 bits per heavy atom. The molecule has 0 aliphatic heterocycles. The summed E-state index contributed by atoms with van der Waals surface area (Å²) in [7, 11) is 0. The fourth-order valence-corrected chi connectivity index (χ4v) is 3.44. The van der Waals surface area contributed by atoms with Gasteiger partial charge in [-0.15, -0.1) is 16.4 Å². The Morgan fingerprint density at radius 2 is 2.21 bits per heavy atom. The number of halogens is 1. The largest absolute Gasteiger partial charge is 0.433 e. The molecule has 9 nitrogen and oxygen atoms in total. The number of rotatable bonds is 6. The molecule has 3 heterocycles.